The highest BCUT2D eigenvalue weighted by Gasteiger charge is 2.32. The molecule has 1 aliphatic rings. The van der Waals surface area contributed by atoms with E-state index in [0.717, 1.165) is 28.1 Å². The number of Topliss-reactive ketones (excluding diaryl/α,β-unsaturated/α-hetero) is 1. The van der Waals surface area contributed by atoms with Gasteiger partial charge in [0.1, 0.15) is 5.01 Å². The number of benzene rings is 2. The van der Waals surface area contributed by atoms with Gasteiger partial charge < -0.3 is 14.4 Å². The second-order valence-corrected chi connectivity index (χ2v) is 8.32. The van der Waals surface area contributed by atoms with Gasteiger partial charge >= 0.3 is 0 Å². The van der Waals surface area contributed by atoms with Crippen LogP contribution in [-0.2, 0) is 4.79 Å². The molecular weight excluding hydrogens is 400 g/mol. The van der Waals surface area contributed by atoms with Crippen LogP contribution in [0.2, 0.25) is 0 Å². The first-order chi connectivity index (χ1) is 14.6. The third-order valence-corrected chi connectivity index (χ3v) is 6.58. The standard InChI is InChI=1S/C23H24N2O4S/c1-28-19-11-9-15(14-20(19)29-2)18(26)10-12-22(27)25-13-5-7-17(25)23-24-16-6-3-4-8-21(16)30-23/h3-4,6,8-9,11,14,17H,5,7,10,12-13H2,1-2H3/t17-/m1/s1. The molecule has 0 N–H and O–H groups in total. The first-order valence-corrected chi connectivity index (χ1v) is 10.8. The van der Waals surface area contributed by atoms with Crippen LogP contribution in [0.15, 0.2) is 42.5 Å². The zero-order valence-electron chi connectivity index (χ0n) is 17.1. The van der Waals surface area contributed by atoms with Crippen molar-refractivity contribution in [2.24, 2.45) is 0 Å². The number of ether oxygens (including phenoxy) is 2. The van der Waals surface area contributed by atoms with Crippen LogP contribution >= 0.6 is 11.3 Å². The smallest absolute Gasteiger partial charge is 0.223 e. The summed E-state index contributed by atoms with van der Waals surface area (Å²) in [6, 6.07) is 13.1. The van der Waals surface area contributed by atoms with Crippen molar-refractivity contribution in [3.05, 3.63) is 53.0 Å². The molecule has 1 atom stereocenters. The van der Waals surface area contributed by atoms with Crippen LogP contribution in [0, 0.1) is 0 Å². The van der Waals surface area contributed by atoms with Crippen LogP contribution in [0.5, 0.6) is 11.5 Å². The van der Waals surface area contributed by atoms with Crippen LogP contribution in [0.4, 0.5) is 0 Å². The first-order valence-electron chi connectivity index (χ1n) is 10.0. The highest BCUT2D eigenvalue weighted by molar-refractivity contribution is 7.18. The first kappa shape index (κ1) is 20.3. The monoisotopic (exact) mass is 424 g/mol. The lowest BCUT2D eigenvalue weighted by molar-refractivity contribution is -0.132. The minimum atomic E-state index is -0.0833. The Morgan fingerprint density at radius 3 is 2.67 bits per heavy atom. The van der Waals surface area contributed by atoms with Gasteiger partial charge in [0.05, 0.1) is 30.5 Å². The molecule has 0 aliphatic carbocycles. The maximum Gasteiger partial charge on any atom is 0.223 e. The van der Waals surface area contributed by atoms with E-state index < -0.39 is 0 Å². The van der Waals surface area contributed by atoms with Crippen LogP contribution in [0.1, 0.15) is 47.1 Å². The fraction of sp³-hybridized carbons (Fsp3) is 0.348. The van der Waals surface area contributed by atoms with E-state index in [4.69, 9.17) is 14.5 Å². The van der Waals surface area contributed by atoms with Gasteiger partial charge in [-0.3, -0.25) is 9.59 Å². The maximum atomic E-state index is 12.9. The summed E-state index contributed by atoms with van der Waals surface area (Å²) in [4.78, 5) is 32.2. The fourth-order valence-corrected chi connectivity index (χ4v) is 4.99. The van der Waals surface area contributed by atoms with Gasteiger partial charge in [0.25, 0.3) is 0 Å². The zero-order valence-corrected chi connectivity index (χ0v) is 17.9. The summed E-state index contributed by atoms with van der Waals surface area (Å²) in [5.41, 5.74) is 1.49. The van der Waals surface area contributed by atoms with Gasteiger partial charge in [0, 0.05) is 24.9 Å². The fourth-order valence-electron chi connectivity index (χ4n) is 3.87. The van der Waals surface area contributed by atoms with Crippen molar-refractivity contribution in [1.82, 2.24) is 9.88 Å². The van der Waals surface area contributed by atoms with E-state index in [0.29, 0.717) is 23.6 Å². The SMILES string of the molecule is COc1ccc(C(=O)CCC(=O)N2CCC[C@@H]2c2nc3ccccc3s2)cc1OC. The molecule has 2 aromatic carbocycles. The Hall–Kier alpha value is -2.93. The molecule has 1 aliphatic heterocycles. The minimum Gasteiger partial charge on any atom is -0.493 e. The van der Waals surface area contributed by atoms with Gasteiger partial charge in [0.15, 0.2) is 17.3 Å². The number of aromatic nitrogens is 1. The Balaban J connectivity index is 1.42. The second-order valence-electron chi connectivity index (χ2n) is 7.26. The normalized spacial score (nSPS) is 16.1. The summed E-state index contributed by atoms with van der Waals surface area (Å²) in [5.74, 6) is 0.997. The van der Waals surface area contributed by atoms with Gasteiger partial charge in [0.2, 0.25) is 5.91 Å². The molecule has 0 saturated carbocycles. The second kappa shape index (κ2) is 8.83. The largest absolute Gasteiger partial charge is 0.493 e. The predicted octanol–water partition coefficient (Wildman–Crippen LogP) is 4.64. The van der Waals surface area contributed by atoms with Gasteiger partial charge in [-0.15, -0.1) is 11.3 Å². The molecule has 4 rings (SSSR count). The number of amides is 1. The average molecular weight is 425 g/mol. The molecular formula is C23H24N2O4S. The summed E-state index contributed by atoms with van der Waals surface area (Å²) in [7, 11) is 3.08. The summed E-state index contributed by atoms with van der Waals surface area (Å²) in [6.45, 7) is 0.712. The zero-order chi connectivity index (χ0) is 21.1. The number of thiazole rings is 1. The van der Waals surface area contributed by atoms with Crippen molar-refractivity contribution >= 4 is 33.2 Å². The third kappa shape index (κ3) is 4.03. The number of ketones is 1. The molecule has 0 radical (unpaired) electrons. The van der Waals surface area contributed by atoms with Gasteiger partial charge in [-0.2, -0.15) is 0 Å². The number of rotatable bonds is 7. The molecule has 6 nitrogen and oxygen atoms in total. The molecule has 30 heavy (non-hydrogen) atoms. The van der Waals surface area contributed by atoms with Crippen molar-refractivity contribution in [3.8, 4) is 11.5 Å². The van der Waals surface area contributed by atoms with Gasteiger partial charge in [-0.25, -0.2) is 4.98 Å². The average Bonchev–Trinajstić information content (AvgIpc) is 3.43. The Kier molecular flexibility index (Phi) is 5.99. The van der Waals surface area contributed by atoms with Crippen LogP contribution < -0.4 is 9.47 Å². The Bertz CT molecular complexity index is 1050. The topological polar surface area (TPSA) is 68.7 Å². The van der Waals surface area contributed by atoms with Crippen LogP contribution in [-0.4, -0.2) is 42.3 Å². The van der Waals surface area contributed by atoms with E-state index >= 15 is 0 Å². The molecule has 2 heterocycles. The molecule has 0 bridgehead atoms. The van der Waals surface area contributed by atoms with E-state index in [1.54, 1.807) is 36.6 Å². The van der Waals surface area contributed by atoms with E-state index in [1.807, 2.05) is 23.1 Å². The van der Waals surface area contributed by atoms with Crippen LogP contribution in [0.3, 0.4) is 0 Å². The molecule has 1 saturated heterocycles. The van der Waals surface area contributed by atoms with Gasteiger partial charge in [-0.1, -0.05) is 12.1 Å². The molecule has 3 aromatic rings. The number of nitrogens with zero attached hydrogens (tertiary/aromatic N) is 2. The summed E-state index contributed by atoms with van der Waals surface area (Å²) < 4.78 is 11.6. The number of carbonyl (C=O) groups excluding carboxylic acids is 2. The lowest BCUT2D eigenvalue weighted by atomic mass is 10.1. The minimum absolute atomic E-state index is 0.00517. The van der Waals surface area contributed by atoms with Crippen LogP contribution in [0.25, 0.3) is 10.2 Å². The van der Waals surface area contributed by atoms with Crippen molar-refractivity contribution < 1.29 is 19.1 Å². The molecule has 0 spiro atoms. The molecule has 1 aromatic heterocycles. The van der Waals surface area contributed by atoms with Gasteiger partial charge in [-0.05, 0) is 43.2 Å². The third-order valence-electron chi connectivity index (χ3n) is 5.44. The van der Waals surface area contributed by atoms with E-state index in [1.165, 1.54) is 7.11 Å². The van der Waals surface area contributed by atoms with Crippen molar-refractivity contribution in [2.45, 2.75) is 31.7 Å². The molecule has 0 unspecified atom stereocenters. The maximum absolute atomic E-state index is 12.9. The number of hydrogen-bond donors (Lipinski definition) is 0. The summed E-state index contributed by atoms with van der Waals surface area (Å²) in [6.07, 6.45) is 2.22. The molecule has 7 heteroatoms. The highest BCUT2D eigenvalue weighted by atomic mass is 32.1. The summed E-state index contributed by atoms with van der Waals surface area (Å²) in [5, 5.41) is 0.980. The molecule has 1 fully saturated rings. The number of carbonyl (C=O) groups is 2. The van der Waals surface area contributed by atoms with E-state index in [2.05, 4.69) is 6.07 Å². The van der Waals surface area contributed by atoms with E-state index in [-0.39, 0.29) is 30.6 Å². The number of hydrogen-bond acceptors (Lipinski definition) is 6. The molecule has 1 amide bonds. The number of likely N-dealkylation sites (tertiary alicyclic amines) is 1. The van der Waals surface area contributed by atoms with Crippen molar-refractivity contribution in [3.63, 3.8) is 0 Å². The highest BCUT2D eigenvalue weighted by Crippen LogP contribution is 2.37. The number of para-hydroxylation sites is 1. The van der Waals surface area contributed by atoms with Crippen molar-refractivity contribution in [2.75, 3.05) is 20.8 Å². The van der Waals surface area contributed by atoms with Crippen molar-refractivity contribution in [1.29, 1.82) is 0 Å². The Morgan fingerprint density at radius 2 is 1.90 bits per heavy atom. The Labute approximate surface area is 179 Å². The lowest BCUT2D eigenvalue weighted by Crippen LogP contribution is -2.30. The number of fused-ring (bicyclic) bond motifs is 1. The quantitative estimate of drug-likeness (QED) is 0.517. The van der Waals surface area contributed by atoms with E-state index in [9.17, 15) is 9.59 Å². The predicted molar refractivity (Wildman–Crippen MR) is 116 cm³/mol. The Morgan fingerprint density at radius 1 is 1.10 bits per heavy atom. The molecule has 156 valence electrons. The summed E-state index contributed by atoms with van der Waals surface area (Å²) >= 11 is 1.65. The number of methoxy groups -OCH3 is 2. The lowest BCUT2D eigenvalue weighted by Gasteiger charge is -2.23.